The molecule has 1 aliphatic rings. The van der Waals surface area contributed by atoms with Gasteiger partial charge in [0, 0.05) is 18.6 Å². The molecule has 0 aliphatic heterocycles. The van der Waals surface area contributed by atoms with Gasteiger partial charge in [0.2, 0.25) is 0 Å². The second-order valence-corrected chi connectivity index (χ2v) is 5.28. The molecule has 1 saturated carbocycles. The van der Waals surface area contributed by atoms with E-state index in [4.69, 9.17) is 5.73 Å². The van der Waals surface area contributed by atoms with E-state index in [0.29, 0.717) is 6.04 Å². The smallest absolute Gasteiger partial charge is 0.0192 e. The van der Waals surface area contributed by atoms with Crippen molar-refractivity contribution in [2.24, 2.45) is 5.73 Å². The molecule has 0 saturated heterocycles. The Bertz CT molecular complexity index is 153. The van der Waals surface area contributed by atoms with Gasteiger partial charge in [-0.15, -0.1) is 0 Å². The van der Waals surface area contributed by atoms with Gasteiger partial charge in [0.1, 0.15) is 0 Å². The zero-order valence-corrected chi connectivity index (χ0v) is 11.0. The molecule has 1 unspecified atom stereocenters. The van der Waals surface area contributed by atoms with E-state index in [2.05, 4.69) is 12.2 Å². The molecule has 0 aromatic heterocycles. The van der Waals surface area contributed by atoms with Crippen molar-refractivity contribution in [1.82, 2.24) is 5.32 Å². The molecule has 0 amide bonds. The van der Waals surface area contributed by atoms with Gasteiger partial charge in [0.15, 0.2) is 0 Å². The Morgan fingerprint density at radius 2 is 1.81 bits per heavy atom. The van der Waals surface area contributed by atoms with Crippen LogP contribution in [-0.2, 0) is 0 Å². The van der Waals surface area contributed by atoms with Crippen LogP contribution in [0, 0.1) is 0 Å². The number of unbranched alkanes of at least 4 members (excludes halogenated alkanes) is 4. The van der Waals surface area contributed by atoms with E-state index >= 15 is 0 Å². The lowest BCUT2D eigenvalue weighted by Crippen LogP contribution is -2.41. The standard InChI is InChI=1S/C14H30N2/c1-2-3-4-5-6-11-14(12-15)16-13-9-7-8-10-13/h13-14,16H,2-12,15H2,1H3. The third-order valence-corrected chi connectivity index (χ3v) is 3.77. The number of hydrogen-bond donors (Lipinski definition) is 2. The first-order valence-electron chi connectivity index (χ1n) is 7.33. The highest BCUT2D eigenvalue weighted by molar-refractivity contribution is 4.79. The summed E-state index contributed by atoms with van der Waals surface area (Å²) in [5.41, 5.74) is 5.83. The normalized spacial score (nSPS) is 19.1. The number of rotatable bonds is 9. The van der Waals surface area contributed by atoms with Crippen LogP contribution in [0.25, 0.3) is 0 Å². The topological polar surface area (TPSA) is 38.0 Å². The Kier molecular flexibility index (Phi) is 7.87. The van der Waals surface area contributed by atoms with Gasteiger partial charge in [0.25, 0.3) is 0 Å². The summed E-state index contributed by atoms with van der Waals surface area (Å²) in [6, 6.07) is 1.34. The van der Waals surface area contributed by atoms with Gasteiger partial charge < -0.3 is 11.1 Å². The summed E-state index contributed by atoms with van der Waals surface area (Å²) in [5.74, 6) is 0. The summed E-state index contributed by atoms with van der Waals surface area (Å²) >= 11 is 0. The van der Waals surface area contributed by atoms with Crippen LogP contribution < -0.4 is 11.1 Å². The van der Waals surface area contributed by atoms with Crippen molar-refractivity contribution in [2.75, 3.05) is 6.54 Å². The lowest BCUT2D eigenvalue weighted by Gasteiger charge is -2.21. The van der Waals surface area contributed by atoms with Crippen LogP contribution in [-0.4, -0.2) is 18.6 Å². The lowest BCUT2D eigenvalue weighted by atomic mass is 10.1. The van der Waals surface area contributed by atoms with Crippen LogP contribution >= 0.6 is 0 Å². The summed E-state index contributed by atoms with van der Waals surface area (Å²) in [5, 5.41) is 3.73. The SMILES string of the molecule is CCCCCCCC(CN)NC1CCCC1. The van der Waals surface area contributed by atoms with Crippen LogP contribution in [0.15, 0.2) is 0 Å². The van der Waals surface area contributed by atoms with Gasteiger partial charge in [0.05, 0.1) is 0 Å². The minimum Gasteiger partial charge on any atom is -0.329 e. The molecule has 0 aromatic rings. The molecule has 16 heavy (non-hydrogen) atoms. The molecule has 0 spiro atoms. The summed E-state index contributed by atoms with van der Waals surface area (Å²) in [6.07, 6.45) is 13.7. The van der Waals surface area contributed by atoms with Gasteiger partial charge in [-0.2, -0.15) is 0 Å². The average Bonchev–Trinajstić information content (AvgIpc) is 2.80. The molecule has 2 heteroatoms. The molecule has 1 atom stereocenters. The Labute approximate surface area is 101 Å². The molecular formula is C14H30N2. The Balaban J connectivity index is 2.01. The molecule has 0 heterocycles. The lowest BCUT2D eigenvalue weighted by molar-refractivity contribution is 0.401. The predicted octanol–water partition coefficient (Wildman–Crippen LogP) is 3.21. The minimum absolute atomic E-state index is 0.574. The molecule has 1 fully saturated rings. The van der Waals surface area contributed by atoms with E-state index in [1.807, 2.05) is 0 Å². The van der Waals surface area contributed by atoms with E-state index in [9.17, 15) is 0 Å². The monoisotopic (exact) mass is 226 g/mol. The van der Waals surface area contributed by atoms with Crippen LogP contribution in [0.3, 0.4) is 0 Å². The summed E-state index contributed by atoms with van der Waals surface area (Å²) in [4.78, 5) is 0. The third-order valence-electron chi connectivity index (χ3n) is 3.77. The average molecular weight is 226 g/mol. The van der Waals surface area contributed by atoms with Crippen LogP contribution in [0.5, 0.6) is 0 Å². The number of nitrogens with two attached hydrogens (primary N) is 1. The maximum Gasteiger partial charge on any atom is 0.0192 e. The number of nitrogens with one attached hydrogen (secondary N) is 1. The Morgan fingerprint density at radius 1 is 1.12 bits per heavy atom. The molecular weight excluding hydrogens is 196 g/mol. The maximum absolute atomic E-state index is 5.83. The van der Waals surface area contributed by atoms with Crippen LogP contribution in [0.1, 0.15) is 71.1 Å². The van der Waals surface area contributed by atoms with Crippen molar-refractivity contribution < 1.29 is 0 Å². The van der Waals surface area contributed by atoms with Crippen molar-refractivity contribution in [3.05, 3.63) is 0 Å². The van der Waals surface area contributed by atoms with Crippen molar-refractivity contribution in [2.45, 2.75) is 83.2 Å². The van der Waals surface area contributed by atoms with Crippen molar-refractivity contribution in [3.8, 4) is 0 Å². The molecule has 1 rings (SSSR count). The molecule has 0 radical (unpaired) electrons. The van der Waals surface area contributed by atoms with Gasteiger partial charge in [-0.05, 0) is 19.3 Å². The second kappa shape index (κ2) is 9.00. The fraction of sp³-hybridized carbons (Fsp3) is 1.00. The Hall–Kier alpha value is -0.0800. The highest BCUT2D eigenvalue weighted by Gasteiger charge is 2.17. The van der Waals surface area contributed by atoms with E-state index < -0.39 is 0 Å². The van der Waals surface area contributed by atoms with E-state index in [1.54, 1.807) is 0 Å². The van der Waals surface area contributed by atoms with Crippen LogP contribution in [0.4, 0.5) is 0 Å². The third kappa shape index (κ3) is 5.86. The second-order valence-electron chi connectivity index (χ2n) is 5.28. The quantitative estimate of drug-likeness (QED) is 0.593. The summed E-state index contributed by atoms with van der Waals surface area (Å²) in [6.45, 7) is 3.08. The predicted molar refractivity (Wildman–Crippen MR) is 71.6 cm³/mol. The largest absolute Gasteiger partial charge is 0.329 e. The zero-order chi connectivity index (χ0) is 11.6. The van der Waals surface area contributed by atoms with Crippen molar-refractivity contribution in [3.63, 3.8) is 0 Å². The van der Waals surface area contributed by atoms with Crippen LogP contribution in [0.2, 0.25) is 0 Å². The highest BCUT2D eigenvalue weighted by Crippen LogP contribution is 2.19. The van der Waals surface area contributed by atoms with E-state index in [-0.39, 0.29) is 0 Å². The molecule has 0 aromatic carbocycles. The fourth-order valence-electron chi connectivity index (χ4n) is 2.69. The summed E-state index contributed by atoms with van der Waals surface area (Å²) < 4.78 is 0. The molecule has 1 aliphatic carbocycles. The first-order chi connectivity index (χ1) is 7.86. The Morgan fingerprint density at radius 3 is 2.44 bits per heavy atom. The zero-order valence-electron chi connectivity index (χ0n) is 11.0. The maximum atomic E-state index is 5.83. The van der Waals surface area contributed by atoms with Gasteiger partial charge in [-0.25, -0.2) is 0 Å². The molecule has 3 N–H and O–H groups in total. The van der Waals surface area contributed by atoms with E-state index in [1.165, 1.54) is 64.2 Å². The number of hydrogen-bond acceptors (Lipinski definition) is 2. The molecule has 2 nitrogen and oxygen atoms in total. The molecule has 96 valence electrons. The van der Waals surface area contributed by atoms with Gasteiger partial charge >= 0.3 is 0 Å². The minimum atomic E-state index is 0.574. The first kappa shape index (κ1) is 14.0. The van der Waals surface area contributed by atoms with Crippen molar-refractivity contribution in [1.29, 1.82) is 0 Å². The molecule has 0 bridgehead atoms. The van der Waals surface area contributed by atoms with E-state index in [0.717, 1.165) is 12.6 Å². The van der Waals surface area contributed by atoms with Crippen molar-refractivity contribution >= 4 is 0 Å². The fourth-order valence-corrected chi connectivity index (χ4v) is 2.69. The first-order valence-corrected chi connectivity index (χ1v) is 7.33. The summed E-state index contributed by atoms with van der Waals surface area (Å²) in [7, 11) is 0. The highest BCUT2D eigenvalue weighted by atomic mass is 15.0. The van der Waals surface area contributed by atoms with Gasteiger partial charge in [-0.3, -0.25) is 0 Å². The van der Waals surface area contributed by atoms with Gasteiger partial charge in [-0.1, -0.05) is 51.9 Å².